The molecule has 0 bridgehead atoms. The second-order valence-corrected chi connectivity index (χ2v) is 5.29. The molecule has 0 N–H and O–H groups in total. The number of esters is 1. The molecule has 2 rings (SSSR count). The van der Waals surface area contributed by atoms with Crippen LogP contribution in [0.25, 0.3) is 0 Å². The van der Waals surface area contributed by atoms with Gasteiger partial charge in [0.05, 0.1) is 17.7 Å². The average Bonchev–Trinajstić information content (AvgIpc) is 2.46. The molecule has 0 fully saturated rings. The fraction of sp³-hybridized carbons (Fsp3) is 0.133. The van der Waals surface area contributed by atoms with Crippen LogP contribution in [-0.2, 0) is 10.5 Å². The Bertz CT molecular complexity index is 584. The van der Waals surface area contributed by atoms with Gasteiger partial charge in [0.1, 0.15) is 0 Å². The van der Waals surface area contributed by atoms with E-state index in [0.717, 1.165) is 15.5 Å². The van der Waals surface area contributed by atoms with Gasteiger partial charge < -0.3 is 4.74 Å². The minimum Gasteiger partial charge on any atom is -0.465 e. The van der Waals surface area contributed by atoms with E-state index in [9.17, 15) is 4.79 Å². The molecule has 2 nitrogen and oxygen atoms in total. The molecule has 0 aromatic heterocycles. The van der Waals surface area contributed by atoms with Crippen LogP contribution in [0, 0.1) is 0 Å². The first kappa shape index (κ1) is 14.0. The Labute approximate surface area is 121 Å². The first-order valence-corrected chi connectivity index (χ1v) is 7.12. The van der Waals surface area contributed by atoms with Crippen molar-refractivity contribution in [2.45, 2.75) is 10.6 Å². The summed E-state index contributed by atoms with van der Waals surface area (Å²) in [5, 5.41) is 0.725. The van der Waals surface area contributed by atoms with E-state index in [4.69, 9.17) is 16.3 Å². The van der Waals surface area contributed by atoms with Crippen LogP contribution >= 0.6 is 23.4 Å². The molecule has 0 aliphatic heterocycles. The molecule has 2 aromatic rings. The van der Waals surface area contributed by atoms with Gasteiger partial charge in [-0.25, -0.2) is 4.79 Å². The molecule has 0 aliphatic rings. The lowest BCUT2D eigenvalue weighted by Gasteiger charge is -2.08. The Morgan fingerprint density at radius 3 is 2.58 bits per heavy atom. The van der Waals surface area contributed by atoms with Crippen molar-refractivity contribution in [3.63, 3.8) is 0 Å². The summed E-state index contributed by atoms with van der Waals surface area (Å²) in [6, 6.07) is 15.1. The molecule has 2 aromatic carbocycles. The van der Waals surface area contributed by atoms with Gasteiger partial charge in [-0.05, 0) is 23.8 Å². The van der Waals surface area contributed by atoms with Crippen LogP contribution in [0.3, 0.4) is 0 Å². The maximum absolute atomic E-state index is 11.7. The van der Waals surface area contributed by atoms with Crippen molar-refractivity contribution >= 4 is 29.3 Å². The van der Waals surface area contributed by atoms with Gasteiger partial charge in [0.25, 0.3) is 0 Å². The summed E-state index contributed by atoms with van der Waals surface area (Å²) in [4.78, 5) is 12.7. The number of carbonyl (C=O) groups is 1. The van der Waals surface area contributed by atoms with Gasteiger partial charge in [-0.2, -0.15) is 0 Å². The van der Waals surface area contributed by atoms with Gasteiger partial charge in [-0.1, -0.05) is 41.9 Å². The number of hydrogen-bond acceptors (Lipinski definition) is 3. The third-order valence-corrected chi connectivity index (χ3v) is 4.21. The largest absolute Gasteiger partial charge is 0.465 e. The lowest BCUT2D eigenvalue weighted by molar-refractivity contribution is 0.0600. The van der Waals surface area contributed by atoms with Crippen LogP contribution in [0.4, 0.5) is 0 Å². The maximum atomic E-state index is 11.7. The first-order valence-electron chi connectivity index (χ1n) is 5.76. The molecule has 0 saturated heterocycles. The highest BCUT2D eigenvalue weighted by molar-refractivity contribution is 7.98. The van der Waals surface area contributed by atoms with E-state index in [1.54, 1.807) is 17.8 Å². The molecule has 98 valence electrons. The highest BCUT2D eigenvalue weighted by atomic mass is 35.5. The van der Waals surface area contributed by atoms with Crippen LogP contribution in [0.2, 0.25) is 5.02 Å². The molecule has 0 unspecified atom stereocenters. The number of methoxy groups -OCH3 is 1. The molecular formula is C15H13ClO2S. The Morgan fingerprint density at radius 2 is 1.84 bits per heavy atom. The van der Waals surface area contributed by atoms with Crippen molar-refractivity contribution < 1.29 is 9.53 Å². The lowest BCUT2D eigenvalue weighted by atomic mass is 10.1. The van der Waals surface area contributed by atoms with E-state index >= 15 is 0 Å². The summed E-state index contributed by atoms with van der Waals surface area (Å²) >= 11 is 7.71. The highest BCUT2D eigenvalue weighted by Crippen LogP contribution is 2.30. The fourth-order valence-electron chi connectivity index (χ4n) is 1.67. The van der Waals surface area contributed by atoms with Crippen molar-refractivity contribution in [2.24, 2.45) is 0 Å². The first-order chi connectivity index (χ1) is 9.22. The van der Waals surface area contributed by atoms with Crippen LogP contribution in [0.1, 0.15) is 15.9 Å². The molecule has 4 heteroatoms. The number of ether oxygens (including phenoxy) is 1. The predicted octanol–water partition coefficient (Wildman–Crippen LogP) is 4.42. The maximum Gasteiger partial charge on any atom is 0.338 e. The molecule has 19 heavy (non-hydrogen) atoms. The zero-order valence-corrected chi connectivity index (χ0v) is 12.0. The third kappa shape index (κ3) is 3.52. The molecule has 0 heterocycles. The van der Waals surface area contributed by atoms with E-state index in [2.05, 4.69) is 0 Å². The Morgan fingerprint density at radius 1 is 1.16 bits per heavy atom. The van der Waals surface area contributed by atoms with Gasteiger partial charge in [-0.15, -0.1) is 11.8 Å². The number of benzene rings is 2. The summed E-state index contributed by atoms with van der Waals surface area (Å²) in [5.41, 5.74) is 1.55. The fourth-order valence-corrected chi connectivity index (χ4v) is 2.92. The summed E-state index contributed by atoms with van der Waals surface area (Å²) in [5.74, 6) is 0.366. The number of carbonyl (C=O) groups excluding carboxylic acids is 1. The van der Waals surface area contributed by atoms with Crippen molar-refractivity contribution in [1.82, 2.24) is 0 Å². The lowest BCUT2D eigenvalue weighted by Crippen LogP contribution is -2.04. The molecule has 0 spiro atoms. The summed E-state index contributed by atoms with van der Waals surface area (Å²) in [7, 11) is 1.39. The van der Waals surface area contributed by atoms with Crippen molar-refractivity contribution in [2.75, 3.05) is 7.11 Å². The minimum atomic E-state index is -0.310. The van der Waals surface area contributed by atoms with E-state index in [1.165, 1.54) is 7.11 Å². The molecule has 0 amide bonds. The number of halogens is 1. The average molecular weight is 293 g/mol. The third-order valence-electron chi connectivity index (χ3n) is 2.64. The van der Waals surface area contributed by atoms with Gasteiger partial charge >= 0.3 is 5.97 Å². The van der Waals surface area contributed by atoms with E-state index in [-0.39, 0.29) is 5.97 Å². The topological polar surface area (TPSA) is 26.3 Å². The SMILES string of the molecule is COC(=O)c1ccccc1CSc1ccccc1Cl. The normalized spacial score (nSPS) is 10.2. The van der Waals surface area contributed by atoms with Crippen molar-refractivity contribution in [3.05, 3.63) is 64.7 Å². The van der Waals surface area contributed by atoms with Crippen LogP contribution in [0.5, 0.6) is 0 Å². The van der Waals surface area contributed by atoms with Crippen molar-refractivity contribution in [3.8, 4) is 0 Å². The summed E-state index contributed by atoms with van der Waals surface area (Å²) < 4.78 is 4.78. The second kappa shape index (κ2) is 6.64. The smallest absolute Gasteiger partial charge is 0.338 e. The second-order valence-electron chi connectivity index (χ2n) is 3.87. The standard InChI is InChI=1S/C15H13ClO2S/c1-18-15(17)12-7-3-2-6-11(12)10-19-14-9-5-4-8-13(14)16/h2-9H,10H2,1H3. The van der Waals surface area contributed by atoms with Gasteiger partial charge in [0, 0.05) is 10.6 Å². The van der Waals surface area contributed by atoms with Crippen LogP contribution < -0.4 is 0 Å². The Hall–Kier alpha value is -1.45. The van der Waals surface area contributed by atoms with E-state index < -0.39 is 0 Å². The number of thioether (sulfide) groups is 1. The van der Waals surface area contributed by atoms with E-state index in [1.807, 2.05) is 42.5 Å². The van der Waals surface area contributed by atoms with Gasteiger partial charge in [-0.3, -0.25) is 0 Å². The highest BCUT2D eigenvalue weighted by Gasteiger charge is 2.11. The molecule has 0 saturated carbocycles. The van der Waals surface area contributed by atoms with Gasteiger partial charge in [0.15, 0.2) is 0 Å². The molecule has 0 aliphatic carbocycles. The monoisotopic (exact) mass is 292 g/mol. The van der Waals surface area contributed by atoms with Crippen LogP contribution in [-0.4, -0.2) is 13.1 Å². The van der Waals surface area contributed by atoms with E-state index in [0.29, 0.717) is 11.3 Å². The predicted molar refractivity (Wildman–Crippen MR) is 78.8 cm³/mol. The molecule has 0 radical (unpaired) electrons. The van der Waals surface area contributed by atoms with Crippen molar-refractivity contribution in [1.29, 1.82) is 0 Å². The molecular weight excluding hydrogens is 280 g/mol. The number of rotatable bonds is 4. The quantitative estimate of drug-likeness (QED) is 0.616. The number of hydrogen-bond donors (Lipinski definition) is 0. The zero-order valence-electron chi connectivity index (χ0n) is 10.4. The molecule has 0 atom stereocenters. The zero-order chi connectivity index (χ0) is 13.7. The van der Waals surface area contributed by atoms with Crippen LogP contribution in [0.15, 0.2) is 53.4 Å². The van der Waals surface area contributed by atoms with Gasteiger partial charge in [0.2, 0.25) is 0 Å². The summed E-state index contributed by atoms with van der Waals surface area (Å²) in [6.45, 7) is 0. The summed E-state index contributed by atoms with van der Waals surface area (Å²) in [6.07, 6.45) is 0. The Balaban J connectivity index is 2.16. The minimum absolute atomic E-state index is 0.310. The Kier molecular flexibility index (Phi) is 4.88.